The third-order valence-electron chi connectivity index (χ3n) is 3.88. The molecule has 3 nitrogen and oxygen atoms in total. The number of aryl methyl sites for hydroxylation is 3. The van der Waals surface area contributed by atoms with Gasteiger partial charge in [0.15, 0.2) is 0 Å². The van der Waals surface area contributed by atoms with E-state index in [1.807, 2.05) is 6.92 Å². The van der Waals surface area contributed by atoms with Crippen molar-refractivity contribution in [2.45, 2.75) is 39.2 Å². The van der Waals surface area contributed by atoms with Gasteiger partial charge in [0.1, 0.15) is 11.0 Å². The Hall–Kier alpha value is -1.61. The minimum absolute atomic E-state index is 0.0812. The topological polar surface area (TPSA) is 34.9 Å². The lowest BCUT2D eigenvalue weighted by molar-refractivity contribution is 0.674. The summed E-state index contributed by atoms with van der Waals surface area (Å²) in [7, 11) is 0. The Morgan fingerprint density at radius 1 is 1.25 bits per heavy atom. The Kier molecular flexibility index (Phi) is 3.62. The van der Waals surface area contributed by atoms with Gasteiger partial charge >= 0.3 is 0 Å². The highest BCUT2D eigenvalue weighted by Gasteiger charge is 2.12. The first kappa shape index (κ1) is 13.4. The molecule has 104 valence electrons. The Labute approximate surface area is 123 Å². The number of hydrogen-bond donors (Lipinski definition) is 0. The van der Waals surface area contributed by atoms with E-state index in [0.717, 1.165) is 17.8 Å². The molecule has 4 heteroatoms. The highest BCUT2D eigenvalue weighted by atomic mass is 35.5. The molecule has 1 heterocycles. The van der Waals surface area contributed by atoms with E-state index in [1.54, 1.807) is 4.57 Å². The first-order valence-electron chi connectivity index (χ1n) is 7.04. The van der Waals surface area contributed by atoms with E-state index in [1.165, 1.54) is 30.0 Å². The molecule has 20 heavy (non-hydrogen) atoms. The number of nitrogens with zero attached hydrogens (tertiary/aromatic N) is 2. The number of rotatable bonds is 3. The molecular weight excluding hydrogens is 272 g/mol. The summed E-state index contributed by atoms with van der Waals surface area (Å²) in [5, 5.41) is 0.275. The van der Waals surface area contributed by atoms with Gasteiger partial charge in [-0.05, 0) is 36.0 Å². The summed E-state index contributed by atoms with van der Waals surface area (Å²) in [6.07, 6.45) is 4.26. The largest absolute Gasteiger partial charge is 0.292 e. The Morgan fingerprint density at radius 3 is 2.85 bits per heavy atom. The molecule has 1 aliphatic rings. The van der Waals surface area contributed by atoms with Crippen molar-refractivity contribution in [3.05, 3.63) is 62.3 Å². The molecule has 0 bridgehead atoms. The van der Waals surface area contributed by atoms with Gasteiger partial charge in [0.05, 0.1) is 6.54 Å². The van der Waals surface area contributed by atoms with E-state index in [2.05, 4.69) is 23.2 Å². The minimum atomic E-state index is -0.0812. The van der Waals surface area contributed by atoms with Gasteiger partial charge < -0.3 is 0 Å². The molecule has 0 radical (unpaired) electrons. The number of benzene rings is 1. The lowest BCUT2D eigenvalue weighted by Gasteiger charge is -2.12. The fourth-order valence-corrected chi connectivity index (χ4v) is 3.06. The van der Waals surface area contributed by atoms with E-state index in [-0.39, 0.29) is 10.7 Å². The van der Waals surface area contributed by atoms with Crippen LogP contribution >= 0.6 is 11.6 Å². The first-order chi connectivity index (χ1) is 9.67. The Morgan fingerprint density at radius 2 is 2.05 bits per heavy atom. The summed E-state index contributed by atoms with van der Waals surface area (Å²) in [6, 6.07) is 7.92. The summed E-state index contributed by atoms with van der Waals surface area (Å²) in [5.74, 6) is 0.739. The average Bonchev–Trinajstić information content (AvgIpc) is 2.89. The molecule has 0 aliphatic heterocycles. The maximum Gasteiger partial charge on any atom is 0.255 e. The quantitative estimate of drug-likeness (QED) is 0.814. The number of hydrogen-bond acceptors (Lipinski definition) is 2. The molecule has 1 aromatic heterocycles. The van der Waals surface area contributed by atoms with Crippen LogP contribution in [0.5, 0.6) is 0 Å². The van der Waals surface area contributed by atoms with Crippen LogP contribution in [0.2, 0.25) is 5.15 Å². The van der Waals surface area contributed by atoms with E-state index in [9.17, 15) is 4.79 Å². The summed E-state index contributed by atoms with van der Waals surface area (Å²) < 4.78 is 1.71. The van der Waals surface area contributed by atoms with Crippen LogP contribution in [0.4, 0.5) is 0 Å². The second-order valence-corrected chi connectivity index (χ2v) is 5.62. The molecule has 0 spiro atoms. The predicted octanol–water partition coefficient (Wildman–Crippen LogP) is 3.00. The van der Waals surface area contributed by atoms with Gasteiger partial charge in [0.25, 0.3) is 5.56 Å². The molecule has 0 saturated heterocycles. The third-order valence-corrected chi connectivity index (χ3v) is 4.07. The molecule has 0 N–H and O–H groups in total. The van der Waals surface area contributed by atoms with E-state index < -0.39 is 0 Å². The van der Waals surface area contributed by atoms with Gasteiger partial charge in [-0.2, -0.15) is 0 Å². The normalized spacial score (nSPS) is 13.5. The number of halogens is 1. The number of fused-ring (bicyclic) bond motifs is 1. The van der Waals surface area contributed by atoms with E-state index >= 15 is 0 Å². The fraction of sp³-hybridized carbons (Fsp3) is 0.375. The molecule has 0 amide bonds. The second kappa shape index (κ2) is 5.41. The van der Waals surface area contributed by atoms with Crippen molar-refractivity contribution in [1.29, 1.82) is 0 Å². The highest BCUT2D eigenvalue weighted by Crippen LogP contribution is 2.23. The lowest BCUT2D eigenvalue weighted by Crippen LogP contribution is -2.24. The zero-order chi connectivity index (χ0) is 14.1. The molecule has 0 atom stereocenters. The molecule has 0 unspecified atom stereocenters. The minimum Gasteiger partial charge on any atom is -0.292 e. The zero-order valence-electron chi connectivity index (χ0n) is 11.5. The maximum atomic E-state index is 12.1. The summed E-state index contributed by atoms with van der Waals surface area (Å²) in [5.41, 5.74) is 3.95. The standard InChI is InChI=1S/C16H17ClN2O/c1-2-15-18-14(17)9-16(20)19(15)10-11-6-7-12-4-3-5-13(12)8-11/h6-9H,2-5,10H2,1H3. The van der Waals surface area contributed by atoms with Crippen molar-refractivity contribution in [3.63, 3.8) is 0 Å². The Bertz CT molecular complexity index is 706. The van der Waals surface area contributed by atoms with Gasteiger partial charge in [-0.15, -0.1) is 0 Å². The van der Waals surface area contributed by atoms with E-state index in [0.29, 0.717) is 13.0 Å². The molecule has 1 aromatic carbocycles. The SMILES string of the molecule is CCc1nc(Cl)cc(=O)n1Cc1ccc2c(c1)CCC2. The lowest BCUT2D eigenvalue weighted by atomic mass is 10.1. The monoisotopic (exact) mass is 288 g/mol. The summed E-state index contributed by atoms with van der Waals surface area (Å²) in [6.45, 7) is 2.55. The zero-order valence-corrected chi connectivity index (χ0v) is 12.3. The van der Waals surface area contributed by atoms with Gasteiger partial charge in [-0.1, -0.05) is 36.7 Å². The van der Waals surface area contributed by atoms with E-state index in [4.69, 9.17) is 11.6 Å². The Balaban J connectivity index is 1.97. The highest BCUT2D eigenvalue weighted by molar-refractivity contribution is 6.29. The third kappa shape index (κ3) is 2.50. The van der Waals surface area contributed by atoms with Gasteiger partial charge in [-0.25, -0.2) is 4.98 Å². The molecule has 3 rings (SSSR count). The number of aromatic nitrogens is 2. The fourth-order valence-electron chi connectivity index (χ4n) is 2.87. The van der Waals surface area contributed by atoms with Crippen molar-refractivity contribution < 1.29 is 0 Å². The summed E-state index contributed by atoms with van der Waals surface area (Å²) >= 11 is 5.86. The second-order valence-electron chi connectivity index (χ2n) is 5.23. The molecular formula is C16H17ClN2O. The molecule has 1 aliphatic carbocycles. The van der Waals surface area contributed by atoms with Gasteiger partial charge in [0.2, 0.25) is 0 Å². The van der Waals surface area contributed by atoms with Crippen molar-refractivity contribution in [3.8, 4) is 0 Å². The van der Waals surface area contributed by atoms with Crippen molar-refractivity contribution in [2.75, 3.05) is 0 Å². The van der Waals surface area contributed by atoms with Crippen molar-refractivity contribution in [2.24, 2.45) is 0 Å². The van der Waals surface area contributed by atoms with Crippen LogP contribution < -0.4 is 5.56 Å². The molecule has 0 saturated carbocycles. The van der Waals surface area contributed by atoms with Crippen LogP contribution in [0.15, 0.2) is 29.1 Å². The first-order valence-corrected chi connectivity index (χ1v) is 7.42. The molecule has 0 fully saturated rings. The van der Waals surface area contributed by atoms with Crippen LogP contribution in [0.25, 0.3) is 0 Å². The van der Waals surface area contributed by atoms with Crippen LogP contribution in [0.1, 0.15) is 35.9 Å². The van der Waals surface area contributed by atoms with Crippen LogP contribution in [0.3, 0.4) is 0 Å². The van der Waals surface area contributed by atoms with Gasteiger partial charge in [-0.3, -0.25) is 9.36 Å². The predicted molar refractivity (Wildman–Crippen MR) is 80.5 cm³/mol. The maximum absolute atomic E-state index is 12.1. The smallest absolute Gasteiger partial charge is 0.255 e. The van der Waals surface area contributed by atoms with Crippen LogP contribution in [-0.2, 0) is 25.8 Å². The van der Waals surface area contributed by atoms with Crippen LogP contribution in [0, 0.1) is 0 Å². The summed E-state index contributed by atoms with van der Waals surface area (Å²) in [4.78, 5) is 16.3. The van der Waals surface area contributed by atoms with Gasteiger partial charge in [0, 0.05) is 12.5 Å². The van der Waals surface area contributed by atoms with Crippen molar-refractivity contribution in [1.82, 2.24) is 9.55 Å². The average molecular weight is 289 g/mol. The molecule has 2 aromatic rings. The van der Waals surface area contributed by atoms with Crippen molar-refractivity contribution >= 4 is 11.6 Å². The van der Waals surface area contributed by atoms with Crippen LogP contribution in [-0.4, -0.2) is 9.55 Å².